The molecule has 4 aromatic rings. The Morgan fingerprint density at radius 2 is 1.72 bits per heavy atom. The molecule has 1 aliphatic carbocycles. The molecule has 2 aromatic carbocycles. The molecule has 0 saturated heterocycles. The van der Waals surface area contributed by atoms with Gasteiger partial charge in [-0.1, -0.05) is 51.8 Å². The van der Waals surface area contributed by atoms with Crippen molar-refractivity contribution >= 4 is 21.7 Å². The summed E-state index contributed by atoms with van der Waals surface area (Å²) in [5, 5.41) is 3.64. The molecule has 1 aliphatic rings. The summed E-state index contributed by atoms with van der Waals surface area (Å²) >= 11 is 0. The first-order valence-electron chi connectivity index (χ1n) is 10.8. The number of pyridine rings is 1. The van der Waals surface area contributed by atoms with Crippen LogP contribution in [0.25, 0.3) is 33.0 Å². The maximum atomic E-state index is 6.16. The van der Waals surface area contributed by atoms with E-state index in [0.717, 1.165) is 22.6 Å². The van der Waals surface area contributed by atoms with Gasteiger partial charge in [0, 0.05) is 22.5 Å². The van der Waals surface area contributed by atoms with E-state index in [9.17, 15) is 0 Å². The molecule has 2 aromatic heterocycles. The number of aryl methyl sites for hydroxylation is 1. The Morgan fingerprint density at radius 1 is 0.931 bits per heavy atom. The summed E-state index contributed by atoms with van der Waals surface area (Å²) in [6, 6.07) is 15.8. The van der Waals surface area contributed by atoms with Gasteiger partial charge in [0.05, 0.1) is 5.69 Å². The number of hydrogen-bond acceptors (Lipinski definition) is 2. The third kappa shape index (κ3) is 3.25. The van der Waals surface area contributed by atoms with Gasteiger partial charge in [-0.05, 0) is 71.9 Å². The van der Waals surface area contributed by atoms with Gasteiger partial charge >= 0.3 is 0 Å². The first-order valence-corrected chi connectivity index (χ1v) is 10.8. The normalized spacial score (nSPS) is 15.6. The molecular formula is C27H29NO. The zero-order valence-corrected chi connectivity index (χ0v) is 17.9. The van der Waals surface area contributed by atoms with Crippen LogP contribution in [0.1, 0.15) is 69.3 Å². The maximum absolute atomic E-state index is 6.16. The quantitative estimate of drug-likeness (QED) is 0.351. The van der Waals surface area contributed by atoms with Gasteiger partial charge in [-0.25, -0.2) is 0 Å². The minimum absolute atomic E-state index is 0.130. The number of nitrogens with zero attached hydrogens (tertiary/aromatic N) is 1. The van der Waals surface area contributed by atoms with Gasteiger partial charge in [-0.2, -0.15) is 0 Å². The van der Waals surface area contributed by atoms with E-state index in [4.69, 9.17) is 9.40 Å². The molecule has 2 heteroatoms. The van der Waals surface area contributed by atoms with Gasteiger partial charge in [0.2, 0.25) is 0 Å². The van der Waals surface area contributed by atoms with Crippen LogP contribution in [0.3, 0.4) is 0 Å². The van der Waals surface area contributed by atoms with Crippen LogP contribution in [0.5, 0.6) is 0 Å². The second-order valence-corrected chi connectivity index (χ2v) is 9.67. The second kappa shape index (κ2) is 6.73. The van der Waals surface area contributed by atoms with Crippen LogP contribution in [0.15, 0.2) is 53.1 Å². The number of furan rings is 1. The van der Waals surface area contributed by atoms with E-state index >= 15 is 0 Å². The second-order valence-electron chi connectivity index (χ2n) is 9.67. The van der Waals surface area contributed by atoms with Crippen LogP contribution in [0.2, 0.25) is 0 Å². The van der Waals surface area contributed by atoms with E-state index in [1.165, 1.54) is 53.0 Å². The molecule has 0 unspecified atom stereocenters. The van der Waals surface area contributed by atoms with Crippen LogP contribution in [-0.2, 0) is 5.41 Å². The molecule has 1 fully saturated rings. The lowest BCUT2D eigenvalue weighted by Crippen LogP contribution is -2.10. The zero-order chi connectivity index (χ0) is 20.2. The number of benzene rings is 2. The van der Waals surface area contributed by atoms with Crippen molar-refractivity contribution in [2.45, 2.75) is 64.7 Å². The van der Waals surface area contributed by atoms with Gasteiger partial charge < -0.3 is 4.42 Å². The van der Waals surface area contributed by atoms with E-state index in [2.05, 4.69) is 63.2 Å². The standard InChI is InChI=1S/C27H29NO/c1-17-13-21-14-20(18-7-5-6-8-18)16-24(26(21)29-17)25-23-10-9-22(27(2,3)4)15-19(23)11-12-28-25/h9-16,18H,5-8H2,1-4H3. The Hall–Kier alpha value is -2.61. The highest BCUT2D eigenvalue weighted by atomic mass is 16.3. The number of rotatable bonds is 2. The van der Waals surface area contributed by atoms with Crippen molar-refractivity contribution < 1.29 is 4.42 Å². The molecule has 1 saturated carbocycles. The van der Waals surface area contributed by atoms with Crippen LogP contribution < -0.4 is 0 Å². The van der Waals surface area contributed by atoms with Crippen LogP contribution >= 0.6 is 0 Å². The minimum atomic E-state index is 0.130. The molecule has 2 heterocycles. The topological polar surface area (TPSA) is 26.0 Å². The molecule has 0 N–H and O–H groups in total. The summed E-state index contributed by atoms with van der Waals surface area (Å²) in [7, 11) is 0. The third-order valence-corrected chi connectivity index (χ3v) is 6.47. The third-order valence-electron chi connectivity index (χ3n) is 6.47. The lowest BCUT2D eigenvalue weighted by atomic mass is 9.85. The SMILES string of the molecule is Cc1cc2cc(C3CCCC3)cc(-c3nccc4cc(C(C)(C)C)ccc34)c2o1. The summed E-state index contributed by atoms with van der Waals surface area (Å²) in [6.07, 6.45) is 7.20. The van der Waals surface area contributed by atoms with E-state index in [1.54, 1.807) is 0 Å². The van der Waals surface area contributed by atoms with Crippen molar-refractivity contribution in [2.75, 3.05) is 0 Å². The summed E-state index contributed by atoms with van der Waals surface area (Å²) < 4.78 is 6.16. The molecular weight excluding hydrogens is 354 g/mol. The number of hydrogen-bond donors (Lipinski definition) is 0. The van der Waals surface area contributed by atoms with Crippen LogP contribution in [-0.4, -0.2) is 4.98 Å². The van der Waals surface area contributed by atoms with E-state index in [1.807, 2.05) is 13.1 Å². The predicted octanol–water partition coefficient (Wildman–Crippen LogP) is 7.91. The predicted molar refractivity (Wildman–Crippen MR) is 122 cm³/mol. The lowest BCUT2D eigenvalue weighted by Gasteiger charge is -2.20. The van der Waals surface area contributed by atoms with Gasteiger partial charge in [0.1, 0.15) is 11.3 Å². The summed E-state index contributed by atoms with van der Waals surface area (Å²) in [4.78, 5) is 4.84. The fourth-order valence-electron chi connectivity index (χ4n) is 4.83. The Labute approximate surface area is 173 Å². The average Bonchev–Trinajstić information content (AvgIpc) is 3.34. The average molecular weight is 384 g/mol. The molecule has 148 valence electrons. The Morgan fingerprint density at radius 3 is 2.48 bits per heavy atom. The molecule has 0 amide bonds. The van der Waals surface area contributed by atoms with Crippen molar-refractivity contribution in [3.8, 4) is 11.3 Å². The van der Waals surface area contributed by atoms with Crippen molar-refractivity contribution in [3.05, 3.63) is 65.5 Å². The molecule has 0 aliphatic heterocycles. The van der Waals surface area contributed by atoms with Gasteiger partial charge in [0.15, 0.2) is 0 Å². The lowest BCUT2D eigenvalue weighted by molar-refractivity contribution is 0.579. The monoisotopic (exact) mass is 383 g/mol. The molecule has 0 atom stereocenters. The van der Waals surface area contributed by atoms with Crippen molar-refractivity contribution in [2.24, 2.45) is 0 Å². The highest BCUT2D eigenvalue weighted by Crippen LogP contribution is 2.41. The van der Waals surface area contributed by atoms with E-state index < -0.39 is 0 Å². The van der Waals surface area contributed by atoms with Crippen LogP contribution in [0.4, 0.5) is 0 Å². The maximum Gasteiger partial charge on any atom is 0.143 e. The van der Waals surface area contributed by atoms with Gasteiger partial charge in [-0.15, -0.1) is 0 Å². The van der Waals surface area contributed by atoms with Crippen LogP contribution in [0, 0.1) is 6.92 Å². The van der Waals surface area contributed by atoms with Gasteiger partial charge in [0.25, 0.3) is 0 Å². The smallest absolute Gasteiger partial charge is 0.143 e. The fourth-order valence-corrected chi connectivity index (χ4v) is 4.83. The largest absolute Gasteiger partial charge is 0.461 e. The number of fused-ring (bicyclic) bond motifs is 2. The molecule has 29 heavy (non-hydrogen) atoms. The summed E-state index contributed by atoms with van der Waals surface area (Å²) in [5.74, 6) is 1.62. The Bertz CT molecular complexity index is 1200. The van der Waals surface area contributed by atoms with E-state index in [-0.39, 0.29) is 5.41 Å². The zero-order valence-electron chi connectivity index (χ0n) is 17.9. The molecule has 0 spiro atoms. The first kappa shape index (κ1) is 18.4. The molecule has 0 bridgehead atoms. The summed E-state index contributed by atoms with van der Waals surface area (Å²) in [6.45, 7) is 8.81. The molecule has 5 rings (SSSR count). The summed E-state index contributed by atoms with van der Waals surface area (Å²) in [5.41, 5.74) is 6.04. The van der Waals surface area contributed by atoms with Crippen molar-refractivity contribution in [1.82, 2.24) is 4.98 Å². The fraction of sp³-hybridized carbons (Fsp3) is 0.370. The van der Waals surface area contributed by atoms with Crippen molar-refractivity contribution in [1.29, 1.82) is 0 Å². The minimum Gasteiger partial charge on any atom is -0.461 e. The van der Waals surface area contributed by atoms with E-state index in [0.29, 0.717) is 5.92 Å². The highest BCUT2D eigenvalue weighted by Gasteiger charge is 2.22. The Kier molecular flexibility index (Phi) is 4.27. The van der Waals surface area contributed by atoms with Crippen molar-refractivity contribution in [3.63, 3.8) is 0 Å². The Balaban J connectivity index is 1.75. The van der Waals surface area contributed by atoms with Gasteiger partial charge in [-0.3, -0.25) is 4.98 Å². The highest BCUT2D eigenvalue weighted by molar-refractivity contribution is 6.02. The number of aromatic nitrogens is 1. The molecule has 2 nitrogen and oxygen atoms in total. The first-order chi connectivity index (χ1) is 13.9. The molecule has 0 radical (unpaired) electrons.